The second kappa shape index (κ2) is 10.5. The second-order valence-electron chi connectivity index (χ2n) is 9.20. The van der Waals surface area contributed by atoms with Crippen LogP contribution in [0.3, 0.4) is 0 Å². The monoisotopic (exact) mass is 480 g/mol. The highest BCUT2D eigenvalue weighted by molar-refractivity contribution is 6.46. The molecule has 2 aliphatic heterocycles. The highest BCUT2D eigenvalue weighted by atomic mass is 16.5. The smallest absolute Gasteiger partial charge is 0.295 e. The normalized spacial score (nSPS) is 20.6. The van der Waals surface area contributed by atoms with Crippen molar-refractivity contribution in [3.05, 3.63) is 64.7 Å². The minimum atomic E-state index is -0.788. The average Bonchev–Trinajstić information content (AvgIpc) is 3.09. The van der Waals surface area contributed by atoms with Crippen LogP contribution in [0.25, 0.3) is 5.76 Å². The number of amides is 1. The molecule has 186 valence electrons. The molecule has 8 heteroatoms. The van der Waals surface area contributed by atoms with Gasteiger partial charge in [0, 0.05) is 26.2 Å². The van der Waals surface area contributed by atoms with E-state index in [2.05, 4.69) is 4.90 Å². The number of Topliss-reactive ketones (excluding diaryl/α,β-unsaturated/α-hetero) is 1. The van der Waals surface area contributed by atoms with Crippen molar-refractivity contribution in [3.63, 3.8) is 0 Å². The molecular formula is C27H32N2O6. The maximum Gasteiger partial charge on any atom is 0.295 e. The van der Waals surface area contributed by atoms with Gasteiger partial charge < -0.3 is 24.6 Å². The molecule has 0 aliphatic carbocycles. The number of rotatable bonds is 7. The molecule has 2 fully saturated rings. The molecule has 2 aliphatic rings. The van der Waals surface area contributed by atoms with E-state index in [4.69, 9.17) is 9.47 Å². The number of hydrogen-bond acceptors (Lipinski definition) is 7. The molecule has 0 bridgehead atoms. The Hall–Kier alpha value is -3.36. The Morgan fingerprint density at radius 1 is 1.09 bits per heavy atom. The van der Waals surface area contributed by atoms with Gasteiger partial charge in [-0.2, -0.15) is 0 Å². The lowest BCUT2D eigenvalue weighted by Crippen LogP contribution is -2.42. The fourth-order valence-electron chi connectivity index (χ4n) is 4.52. The first-order valence-corrected chi connectivity index (χ1v) is 11.9. The maximum atomic E-state index is 13.2. The Bertz CT molecular complexity index is 1120. The highest BCUT2D eigenvalue weighted by Crippen LogP contribution is 2.41. The van der Waals surface area contributed by atoms with E-state index in [0.29, 0.717) is 37.6 Å². The third-order valence-corrected chi connectivity index (χ3v) is 6.28. The van der Waals surface area contributed by atoms with E-state index in [1.165, 1.54) is 11.0 Å². The molecular weight excluding hydrogens is 448 g/mol. The Morgan fingerprint density at radius 2 is 1.77 bits per heavy atom. The molecule has 8 nitrogen and oxygen atoms in total. The Balaban J connectivity index is 1.75. The molecule has 0 spiro atoms. The SMILES string of the molecule is Cc1ccc(O)c(C(O)=C2C(=O)C(=O)N(CCN3CCOCC3)C2c2ccc(OC(C)C)cc2)c1. The van der Waals surface area contributed by atoms with Gasteiger partial charge in [0.2, 0.25) is 0 Å². The van der Waals surface area contributed by atoms with Crippen molar-refractivity contribution >= 4 is 17.4 Å². The molecule has 0 saturated carbocycles. The fraction of sp³-hybridized carbons (Fsp3) is 0.407. The number of aliphatic hydroxyl groups is 1. The molecule has 4 rings (SSSR count). The predicted octanol–water partition coefficient (Wildman–Crippen LogP) is 3.24. The lowest BCUT2D eigenvalue weighted by atomic mass is 9.94. The van der Waals surface area contributed by atoms with E-state index in [1.807, 2.05) is 20.8 Å². The Labute approximate surface area is 205 Å². The predicted molar refractivity (Wildman–Crippen MR) is 131 cm³/mol. The zero-order valence-electron chi connectivity index (χ0n) is 20.4. The number of aromatic hydroxyl groups is 1. The van der Waals surface area contributed by atoms with Gasteiger partial charge in [0.1, 0.15) is 17.3 Å². The van der Waals surface area contributed by atoms with E-state index in [1.54, 1.807) is 36.4 Å². The largest absolute Gasteiger partial charge is 0.507 e. The van der Waals surface area contributed by atoms with Gasteiger partial charge in [-0.1, -0.05) is 23.8 Å². The minimum absolute atomic E-state index is 0.00398. The van der Waals surface area contributed by atoms with E-state index in [0.717, 1.165) is 18.7 Å². The molecule has 1 unspecified atom stereocenters. The van der Waals surface area contributed by atoms with Crippen LogP contribution in [0.15, 0.2) is 48.0 Å². The Morgan fingerprint density at radius 3 is 2.43 bits per heavy atom. The van der Waals surface area contributed by atoms with Crippen molar-refractivity contribution in [1.29, 1.82) is 0 Å². The number of benzene rings is 2. The van der Waals surface area contributed by atoms with Crippen LogP contribution in [-0.2, 0) is 14.3 Å². The second-order valence-corrected chi connectivity index (χ2v) is 9.20. The molecule has 1 atom stereocenters. The van der Waals surface area contributed by atoms with Crippen molar-refractivity contribution in [2.75, 3.05) is 39.4 Å². The van der Waals surface area contributed by atoms with Crippen molar-refractivity contribution in [3.8, 4) is 11.5 Å². The number of ether oxygens (including phenoxy) is 2. The summed E-state index contributed by atoms with van der Waals surface area (Å²) in [4.78, 5) is 30.1. The van der Waals surface area contributed by atoms with Crippen LogP contribution in [-0.4, -0.2) is 77.2 Å². The molecule has 0 radical (unpaired) electrons. The van der Waals surface area contributed by atoms with Gasteiger partial charge in [-0.25, -0.2) is 0 Å². The van der Waals surface area contributed by atoms with Crippen LogP contribution in [0.5, 0.6) is 11.5 Å². The van der Waals surface area contributed by atoms with Crippen LogP contribution in [0.2, 0.25) is 0 Å². The number of carbonyl (C=O) groups excluding carboxylic acids is 2. The first-order valence-electron chi connectivity index (χ1n) is 11.9. The summed E-state index contributed by atoms with van der Waals surface area (Å²) in [7, 11) is 0. The van der Waals surface area contributed by atoms with Gasteiger partial charge in [0.15, 0.2) is 0 Å². The van der Waals surface area contributed by atoms with Crippen molar-refractivity contribution in [2.24, 2.45) is 0 Å². The minimum Gasteiger partial charge on any atom is -0.507 e. The summed E-state index contributed by atoms with van der Waals surface area (Å²) in [5.41, 5.74) is 1.57. The number of aryl methyl sites for hydroxylation is 1. The molecule has 2 aromatic carbocycles. The number of likely N-dealkylation sites (tertiary alicyclic amines) is 1. The summed E-state index contributed by atoms with van der Waals surface area (Å²) in [6, 6.07) is 11.2. The summed E-state index contributed by atoms with van der Waals surface area (Å²) in [5.74, 6) is -1.30. The van der Waals surface area contributed by atoms with E-state index < -0.39 is 17.7 Å². The average molecular weight is 481 g/mol. The highest BCUT2D eigenvalue weighted by Gasteiger charge is 2.46. The Kier molecular flexibility index (Phi) is 7.42. The fourth-order valence-corrected chi connectivity index (χ4v) is 4.52. The summed E-state index contributed by atoms with van der Waals surface area (Å²) in [6.07, 6.45) is 0.00398. The van der Waals surface area contributed by atoms with Gasteiger partial charge >= 0.3 is 0 Å². The molecule has 35 heavy (non-hydrogen) atoms. The lowest BCUT2D eigenvalue weighted by molar-refractivity contribution is -0.140. The quantitative estimate of drug-likeness (QED) is 0.357. The first-order chi connectivity index (χ1) is 16.8. The van der Waals surface area contributed by atoms with Crippen molar-refractivity contribution < 1.29 is 29.3 Å². The third-order valence-electron chi connectivity index (χ3n) is 6.28. The van der Waals surface area contributed by atoms with Crippen molar-refractivity contribution in [1.82, 2.24) is 9.80 Å². The number of ketones is 1. The summed E-state index contributed by atoms with van der Waals surface area (Å²) < 4.78 is 11.1. The number of aliphatic hydroxyl groups excluding tert-OH is 1. The molecule has 2 heterocycles. The summed E-state index contributed by atoms with van der Waals surface area (Å²) in [5, 5.41) is 21.6. The molecule has 2 aromatic rings. The van der Waals surface area contributed by atoms with E-state index in [-0.39, 0.29) is 28.7 Å². The van der Waals surface area contributed by atoms with Crippen LogP contribution >= 0.6 is 0 Å². The zero-order chi connectivity index (χ0) is 25.1. The van der Waals surface area contributed by atoms with Crippen LogP contribution < -0.4 is 4.74 Å². The number of hydrogen-bond donors (Lipinski definition) is 2. The number of phenolic OH excluding ortho intramolecular Hbond substituents is 1. The molecule has 2 saturated heterocycles. The zero-order valence-corrected chi connectivity index (χ0v) is 20.4. The third kappa shape index (κ3) is 5.33. The summed E-state index contributed by atoms with van der Waals surface area (Å²) >= 11 is 0. The van der Waals surface area contributed by atoms with Gasteiger partial charge in [-0.05, 0) is 50.6 Å². The standard InChI is InChI=1S/C27H32N2O6/c1-17(2)35-20-7-5-19(6-8-20)24-23(25(31)21-16-18(3)4-9-22(21)30)26(32)27(33)29(24)11-10-28-12-14-34-15-13-28/h4-9,16-17,24,30-31H,10-15H2,1-3H3. The number of phenols is 1. The van der Waals surface area contributed by atoms with E-state index in [9.17, 15) is 19.8 Å². The van der Waals surface area contributed by atoms with Gasteiger partial charge in [0.05, 0.1) is 36.5 Å². The van der Waals surface area contributed by atoms with Crippen LogP contribution in [0.4, 0.5) is 0 Å². The van der Waals surface area contributed by atoms with Crippen molar-refractivity contribution in [2.45, 2.75) is 32.9 Å². The summed E-state index contributed by atoms with van der Waals surface area (Å²) in [6.45, 7) is 9.36. The van der Waals surface area contributed by atoms with Crippen LogP contribution in [0.1, 0.15) is 36.6 Å². The molecule has 0 aromatic heterocycles. The van der Waals surface area contributed by atoms with Crippen LogP contribution in [0, 0.1) is 6.92 Å². The lowest BCUT2D eigenvalue weighted by Gasteiger charge is -2.31. The molecule has 1 amide bonds. The van der Waals surface area contributed by atoms with Gasteiger partial charge in [-0.15, -0.1) is 0 Å². The molecule has 2 N–H and O–H groups in total. The number of nitrogens with zero attached hydrogens (tertiary/aromatic N) is 2. The maximum absolute atomic E-state index is 13.2. The first kappa shape index (κ1) is 24.8. The van der Waals surface area contributed by atoms with Gasteiger partial charge in [-0.3, -0.25) is 14.5 Å². The number of carbonyl (C=O) groups is 2. The van der Waals surface area contributed by atoms with E-state index >= 15 is 0 Å². The van der Waals surface area contributed by atoms with Gasteiger partial charge in [0.25, 0.3) is 11.7 Å². The number of morpholine rings is 1. The topological polar surface area (TPSA) is 99.5 Å².